The molecule has 0 unspecified atom stereocenters. The predicted octanol–water partition coefficient (Wildman–Crippen LogP) is 4.10. The summed E-state index contributed by atoms with van der Waals surface area (Å²) >= 11 is 0. The van der Waals surface area contributed by atoms with Crippen molar-refractivity contribution in [2.24, 2.45) is 0 Å². The van der Waals surface area contributed by atoms with Crippen LogP contribution in [-0.4, -0.2) is 47.8 Å². The van der Waals surface area contributed by atoms with E-state index in [1.54, 1.807) is 6.20 Å². The summed E-state index contributed by atoms with van der Waals surface area (Å²) in [6, 6.07) is 7.94. The summed E-state index contributed by atoms with van der Waals surface area (Å²) in [6.45, 7) is 8.84. The van der Waals surface area contributed by atoms with Crippen molar-refractivity contribution in [3.63, 3.8) is 0 Å². The molecule has 160 valence electrons. The number of hydrogen-bond acceptors (Lipinski definition) is 6. The van der Waals surface area contributed by atoms with Crippen molar-refractivity contribution in [3.05, 3.63) is 42.9 Å². The number of aromatic amines is 2. The molecular weight excluding hydrogens is 390 g/mol. The maximum Gasteiger partial charge on any atom is 0.233 e. The van der Waals surface area contributed by atoms with Crippen molar-refractivity contribution in [3.8, 4) is 28.3 Å². The second kappa shape index (κ2) is 7.16. The van der Waals surface area contributed by atoms with Gasteiger partial charge in [-0.15, -0.1) is 10.2 Å². The van der Waals surface area contributed by atoms with Crippen molar-refractivity contribution < 1.29 is 4.74 Å². The van der Waals surface area contributed by atoms with Gasteiger partial charge in [0, 0.05) is 52.7 Å². The Balaban J connectivity index is 1.40. The highest BCUT2D eigenvalue weighted by atomic mass is 16.5. The topological polar surface area (TPSA) is 104 Å². The van der Waals surface area contributed by atoms with Crippen LogP contribution in [0.3, 0.4) is 0 Å². The number of aromatic nitrogens is 6. The molecule has 3 aromatic heterocycles. The van der Waals surface area contributed by atoms with Gasteiger partial charge < -0.3 is 10.1 Å². The van der Waals surface area contributed by atoms with E-state index in [-0.39, 0.29) is 17.2 Å². The van der Waals surface area contributed by atoms with Crippen molar-refractivity contribution in [1.29, 1.82) is 0 Å². The first-order chi connectivity index (χ1) is 14.8. The Morgan fingerprint density at radius 2 is 1.68 bits per heavy atom. The number of benzene rings is 1. The molecule has 4 heterocycles. The van der Waals surface area contributed by atoms with Gasteiger partial charge >= 0.3 is 0 Å². The summed E-state index contributed by atoms with van der Waals surface area (Å²) in [5.41, 5.74) is 4.74. The van der Waals surface area contributed by atoms with Crippen LogP contribution in [0.25, 0.3) is 33.3 Å². The minimum absolute atomic E-state index is 0.0166. The standard InChI is InChI=1S/C23H27N7O/c1-22(2)9-15(10-23(3,4)30-22)31-20-8-7-19(27-28-20)17-6-5-16(14-11-24-25-12-14)18-13-26-29-21(17)18/h5-8,11-13,15,30H,9-10H2,1-4H3,(H,24,25)(H,26,29). The third-order valence-corrected chi connectivity index (χ3v) is 5.78. The van der Waals surface area contributed by atoms with E-state index in [9.17, 15) is 0 Å². The van der Waals surface area contributed by atoms with Crippen LogP contribution in [0.4, 0.5) is 0 Å². The number of nitrogens with one attached hydrogen (secondary N) is 3. The van der Waals surface area contributed by atoms with E-state index in [0.717, 1.165) is 46.1 Å². The summed E-state index contributed by atoms with van der Waals surface area (Å²) in [4.78, 5) is 0. The Morgan fingerprint density at radius 3 is 2.35 bits per heavy atom. The Kier molecular flexibility index (Phi) is 4.55. The van der Waals surface area contributed by atoms with E-state index in [2.05, 4.69) is 69.7 Å². The third kappa shape index (κ3) is 3.90. The molecule has 3 N–H and O–H groups in total. The van der Waals surface area contributed by atoms with Crippen molar-refractivity contribution in [1.82, 2.24) is 35.9 Å². The summed E-state index contributed by atoms with van der Waals surface area (Å²) in [6.07, 6.45) is 7.44. The molecule has 0 saturated carbocycles. The van der Waals surface area contributed by atoms with Gasteiger partial charge in [-0.3, -0.25) is 10.2 Å². The van der Waals surface area contributed by atoms with E-state index in [4.69, 9.17) is 4.74 Å². The first-order valence-corrected chi connectivity index (χ1v) is 10.6. The van der Waals surface area contributed by atoms with Gasteiger partial charge in [-0.25, -0.2) is 0 Å². The van der Waals surface area contributed by atoms with Gasteiger partial charge in [-0.1, -0.05) is 6.07 Å². The smallest absolute Gasteiger partial charge is 0.233 e. The maximum atomic E-state index is 6.21. The Bertz CT molecular complexity index is 1180. The number of piperidine rings is 1. The number of fused-ring (bicyclic) bond motifs is 1. The zero-order valence-corrected chi connectivity index (χ0v) is 18.2. The minimum Gasteiger partial charge on any atom is -0.473 e. The molecule has 1 saturated heterocycles. The summed E-state index contributed by atoms with van der Waals surface area (Å²) in [5.74, 6) is 0.554. The molecule has 0 spiro atoms. The van der Waals surface area contributed by atoms with Crippen molar-refractivity contribution in [2.45, 2.75) is 57.7 Å². The molecule has 0 atom stereocenters. The predicted molar refractivity (Wildman–Crippen MR) is 120 cm³/mol. The molecule has 1 fully saturated rings. The quantitative estimate of drug-likeness (QED) is 0.462. The fourth-order valence-electron chi connectivity index (χ4n) is 4.91. The SMILES string of the molecule is CC1(C)CC(Oc2ccc(-c3ccc(-c4cn[nH]c4)c4cn[nH]c34)nn2)CC(C)(C)N1. The second-order valence-corrected chi connectivity index (χ2v) is 9.60. The van der Waals surface area contributed by atoms with E-state index >= 15 is 0 Å². The Labute approximate surface area is 180 Å². The lowest BCUT2D eigenvalue weighted by Crippen LogP contribution is -2.60. The van der Waals surface area contributed by atoms with E-state index in [1.807, 2.05) is 30.6 Å². The highest BCUT2D eigenvalue weighted by Crippen LogP contribution is 2.34. The average Bonchev–Trinajstić information content (AvgIpc) is 3.38. The van der Waals surface area contributed by atoms with Crippen LogP contribution >= 0.6 is 0 Å². The molecule has 8 nitrogen and oxygen atoms in total. The Morgan fingerprint density at radius 1 is 0.903 bits per heavy atom. The number of H-pyrrole nitrogens is 2. The van der Waals surface area contributed by atoms with Gasteiger partial charge in [0.05, 0.1) is 23.6 Å². The van der Waals surface area contributed by atoms with Crippen LogP contribution in [-0.2, 0) is 0 Å². The van der Waals surface area contributed by atoms with Crippen LogP contribution in [0.2, 0.25) is 0 Å². The maximum absolute atomic E-state index is 6.21. The molecule has 31 heavy (non-hydrogen) atoms. The Hall–Kier alpha value is -3.26. The van der Waals surface area contributed by atoms with E-state index < -0.39 is 0 Å². The van der Waals surface area contributed by atoms with Gasteiger partial charge in [0.2, 0.25) is 5.88 Å². The molecular formula is C23H27N7O. The van der Waals surface area contributed by atoms with Gasteiger partial charge in [0.25, 0.3) is 0 Å². The molecule has 0 amide bonds. The molecule has 5 rings (SSSR count). The first-order valence-electron chi connectivity index (χ1n) is 10.6. The normalized spacial score (nSPS) is 18.3. The number of nitrogens with zero attached hydrogens (tertiary/aromatic N) is 4. The highest BCUT2D eigenvalue weighted by Gasteiger charge is 2.38. The minimum atomic E-state index is 0.0166. The molecule has 0 aliphatic carbocycles. The van der Waals surface area contributed by atoms with Crippen LogP contribution in [0, 0.1) is 0 Å². The molecule has 1 aliphatic heterocycles. The van der Waals surface area contributed by atoms with Crippen molar-refractivity contribution in [2.75, 3.05) is 0 Å². The van der Waals surface area contributed by atoms with Crippen LogP contribution in [0.5, 0.6) is 5.88 Å². The third-order valence-electron chi connectivity index (χ3n) is 5.78. The number of ether oxygens (including phenoxy) is 1. The van der Waals surface area contributed by atoms with E-state index in [1.165, 1.54) is 0 Å². The fraction of sp³-hybridized carbons (Fsp3) is 0.391. The van der Waals surface area contributed by atoms with Gasteiger partial charge in [0.15, 0.2) is 0 Å². The van der Waals surface area contributed by atoms with E-state index in [0.29, 0.717) is 5.88 Å². The van der Waals surface area contributed by atoms with Gasteiger partial charge in [0.1, 0.15) is 6.10 Å². The zero-order valence-electron chi connectivity index (χ0n) is 18.2. The lowest BCUT2D eigenvalue weighted by atomic mass is 9.81. The molecule has 8 heteroatoms. The first kappa shape index (κ1) is 19.7. The lowest BCUT2D eigenvalue weighted by Gasteiger charge is -2.46. The van der Waals surface area contributed by atoms with Gasteiger partial charge in [-0.05, 0) is 45.4 Å². The van der Waals surface area contributed by atoms with Gasteiger partial charge in [-0.2, -0.15) is 10.2 Å². The van der Waals surface area contributed by atoms with Crippen LogP contribution in [0.1, 0.15) is 40.5 Å². The number of rotatable bonds is 4. The molecule has 4 aromatic rings. The highest BCUT2D eigenvalue weighted by molar-refractivity contribution is 6.01. The summed E-state index contributed by atoms with van der Waals surface area (Å²) in [7, 11) is 0. The monoisotopic (exact) mass is 417 g/mol. The summed E-state index contributed by atoms with van der Waals surface area (Å²) < 4.78 is 6.21. The zero-order chi connectivity index (χ0) is 21.6. The average molecular weight is 418 g/mol. The molecule has 1 aromatic carbocycles. The lowest BCUT2D eigenvalue weighted by molar-refractivity contribution is 0.0524. The second-order valence-electron chi connectivity index (χ2n) is 9.60. The molecule has 0 bridgehead atoms. The fourth-order valence-corrected chi connectivity index (χ4v) is 4.91. The number of hydrogen-bond donors (Lipinski definition) is 3. The van der Waals surface area contributed by atoms with Crippen LogP contribution in [0.15, 0.2) is 42.9 Å². The molecule has 0 radical (unpaired) electrons. The summed E-state index contributed by atoms with van der Waals surface area (Å²) in [5, 5.41) is 27.8. The van der Waals surface area contributed by atoms with Crippen molar-refractivity contribution >= 4 is 10.9 Å². The molecule has 1 aliphatic rings. The van der Waals surface area contributed by atoms with Crippen LogP contribution < -0.4 is 10.1 Å². The largest absolute Gasteiger partial charge is 0.473 e.